The smallest absolute Gasteiger partial charge is 0.267 e. The molecule has 0 rings (SSSR count). The standard InChI is InChI=1S/C16H35O4P.Nd.H/c1-5-9-11-15(7-3)13-19-21(17,18)20-14-16(8-4)12-10-6-2;;/h15-16H,5-14H2,1-4H3,(H,17,18);;/q;;-1/p-1. The first-order valence-corrected chi connectivity index (χ1v) is 10.0. The fourth-order valence-corrected chi connectivity index (χ4v) is 3.09. The van der Waals surface area contributed by atoms with E-state index in [1.54, 1.807) is 0 Å². The first-order valence-electron chi connectivity index (χ1n) is 8.59. The van der Waals surface area contributed by atoms with Crippen LogP contribution in [0.2, 0.25) is 0 Å². The average molecular weight is 467 g/mol. The molecule has 0 saturated carbocycles. The third-order valence-electron chi connectivity index (χ3n) is 4.02. The number of phosphoric acid groups is 1. The van der Waals surface area contributed by atoms with Crippen LogP contribution in [0.25, 0.3) is 0 Å². The number of hydrogen-bond donors (Lipinski definition) is 0. The van der Waals surface area contributed by atoms with Gasteiger partial charge in [0, 0.05) is 40.8 Å². The van der Waals surface area contributed by atoms with Gasteiger partial charge in [-0.25, -0.2) is 0 Å². The normalized spacial score (nSPS) is 16.6. The summed E-state index contributed by atoms with van der Waals surface area (Å²) < 4.78 is 21.9. The SMILES string of the molecule is CCCCC(CC)COP(=O)([O-])OCC(CC)CCCC.[H-].[Nd]. The number of hydrogen-bond acceptors (Lipinski definition) is 4. The van der Waals surface area contributed by atoms with Crippen LogP contribution in [0.5, 0.6) is 0 Å². The van der Waals surface area contributed by atoms with Crippen molar-refractivity contribution in [2.45, 2.75) is 79.1 Å². The quantitative estimate of drug-likeness (QED) is 0.337. The van der Waals surface area contributed by atoms with Gasteiger partial charge in [0.25, 0.3) is 7.82 Å². The van der Waals surface area contributed by atoms with Crippen molar-refractivity contribution in [1.29, 1.82) is 0 Å². The van der Waals surface area contributed by atoms with Crippen molar-refractivity contribution in [3.05, 3.63) is 0 Å². The first kappa shape index (κ1) is 25.7. The summed E-state index contributed by atoms with van der Waals surface area (Å²) >= 11 is 0. The topological polar surface area (TPSA) is 58.6 Å². The molecule has 2 unspecified atom stereocenters. The molecule has 0 amide bonds. The van der Waals surface area contributed by atoms with E-state index in [4.69, 9.17) is 9.05 Å². The molecule has 0 radical (unpaired) electrons. The molecule has 0 heterocycles. The maximum atomic E-state index is 11.8. The van der Waals surface area contributed by atoms with Crippen LogP contribution in [0.15, 0.2) is 0 Å². The number of rotatable bonds is 14. The van der Waals surface area contributed by atoms with Crippen molar-refractivity contribution in [3.63, 3.8) is 0 Å². The fourth-order valence-electron chi connectivity index (χ4n) is 2.23. The van der Waals surface area contributed by atoms with Gasteiger partial charge in [-0.05, 0) is 24.7 Å². The van der Waals surface area contributed by atoms with E-state index in [0.29, 0.717) is 11.8 Å². The number of unbranched alkanes of at least 4 members (excludes halogenated alkanes) is 2. The largest absolute Gasteiger partial charge is 1.00 e. The second kappa shape index (κ2) is 16.0. The van der Waals surface area contributed by atoms with Gasteiger partial charge in [0.15, 0.2) is 0 Å². The first-order chi connectivity index (χ1) is 9.99. The Morgan fingerprint density at radius 2 is 1.27 bits per heavy atom. The Bertz CT molecular complexity index is 271. The van der Waals surface area contributed by atoms with Gasteiger partial charge >= 0.3 is 0 Å². The van der Waals surface area contributed by atoms with E-state index in [1.165, 1.54) is 0 Å². The summed E-state index contributed by atoms with van der Waals surface area (Å²) in [7, 11) is -4.14. The molecule has 4 nitrogen and oxygen atoms in total. The van der Waals surface area contributed by atoms with E-state index in [-0.39, 0.29) is 55.5 Å². The van der Waals surface area contributed by atoms with E-state index >= 15 is 0 Å². The minimum absolute atomic E-state index is 0. The Kier molecular flexibility index (Phi) is 18.6. The Balaban J connectivity index is -0.00000200. The van der Waals surface area contributed by atoms with Crippen LogP contribution in [0, 0.1) is 52.7 Å². The van der Waals surface area contributed by atoms with Gasteiger partial charge in [-0.1, -0.05) is 66.2 Å². The molecule has 0 aliphatic rings. The Morgan fingerprint density at radius 3 is 1.55 bits per heavy atom. The summed E-state index contributed by atoms with van der Waals surface area (Å²) in [5.74, 6) is 0.607. The van der Waals surface area contributed by atoms with Crippen molar-refractivity contribution in [2.75, 3.05) is 13.2 Å². The van der Waals surface area contributed by atoms with E-state index in [2.05, 4.69) is 27.7 Å². The van der Waals surface area contributed by atoms with Gasteiger partial charge in [0.05, 0.1) is 13.2 Å². The third kappa shape index (κ3) is 13.9. The number of phosphoric ester groups is 1. The molecule has 0 aromatic carbocycles. The molecule has 22 heavy (non-hydrogen) atoms. The van der Waals surface area contributed by atoms with Gasteiger partial charge in [0.2, 0.25) is 0 Å². The third-order valence-corrected chi connectivity index (χ3v) is 4.95. The van der Waals surface area contributed by atoms with Crippen molar-refractivity contribution in [3.8, 4) is 0 Å². The zero-order valence-electron chi connectivity index (χ0n) is 15.8. The molecule has 0 aromatic rings. The summed E-state index contributed by atoms with van der Waals surface area (Å²) in [6.45, 7) is 8.91. The van der Waals surface area contributed by atoms with E-state index < -0.39 is 7.82 Å². The van der Waals surface area contributed by atoms with Crippen LogP contribution in [-0.2, 0) is 13.6 Å². The molecule has 2 atom stereocenters. The summed E-state index contributed by atoms with van der Waals surface area (Å²) in [6.07, 6.45) is 8.38. The van der Waals surface area contributed by atoms with Crippen LogP contribution in [0.1, 0.15) is 80.5 Å². The Hall–Kier alpha value is 1.46. The van der Waals surface area contributed by atoms with Crippen LogP contribution in [0.3, 0.4) is 0 Å². The summed E-state index contributed by atoms with van der Waals surface area (Å²) in [4.78, 5) is 11.8. The van der Waals surface area contributed by atoms with Gasteiger partial charge in [-0.15, -0.1) is 0 Å². The summed E-state index contributed by atoms with van der Waals surface area (Å²) in [5.41, 5.74) is 0. The van der Waals surface area contributed by atoms with Crippen LogP contribution in [0.4, 0.5) is 0 Å². The Morgan fingerprint density at radius 1 is 0.909 bits per heavy atom. The summed E-state index contributed by atoms with van der Waals surface area (Å²) in [6, 6.07) is 0. The zero-order chi connectivity index (χ0) is 16.1. The van der Waals surface area contributed by atoms with Crippen LogP contribution < -0.4 is 4.89 Å². The molecule has 0 bridgehead atoms. The van der Waals surface area contributed by atoms with Crippen LogP contribution in [-0.4, -0.2) is 13.2 Å². The molecule has 0 aromatic heterocycles. The van der Waals surface area contributed by atoms with Crippen molar-refractivity contribution < 1.29 is 60.8 Å². The molecular weight excluding hydrogens is 431 g/mol. The molecule has 0 saturated heterocycles. The van der Waals surface area contributed by atoms with Crippen molar-refractivity contribution >= 4 is 7.82 Å². The van der Waals surface area contributed by atoms with Crippen LogP contribution >= 0.6 is 7.82 Å². The molecule has 6 heteroatoms. The molecule has 0 fully saturated rings. The molecule has 0 spiro atoms. The van der Waals surface area contributed by atoms with Gasteiger partial charge in [-0.2, -0.15) is 0 Å². The second-order valence-corrected chi connectivity index (χ2v) is 7.28. The maximum Gasteiger partial charge on any atom is 0.267 e. The molecule has 0 aliphatic heterocycles. The van der Waals surface area contributed by atoms with Gasteiger partial charge in [-0.3, -0.25) is 4.57 Å². The molecule has 134 valence electrons. The fraction of sp³-hybridized carbons (Fsp3) is 1.00. The van der Waals surface area contributed by atoms with E-state index in [1.807, 2.05) is 0 Å². The van der Waals surface area contributed by atoms with Crippen molar-refractivity contribution in [1.82, 2.24) is 0 Å². The maximum absolute atomic E-state index is 11.8. The van der Waals surface area contributed by atoms with E-state index in [9.17, 15) is 9.46 Å². The molecule has 0 aliphatic carbocycles. The Labute approximate surface area is 171 Å². The predicted octanol–water partition coefficient (Wildman–Crippen LogP) is 5.03. The molecule has 0 N–H and O–H groups in total. The second-order valence-electron chi connectivity index (χ2n) is 5.87. The molecular formula is C16H35NdO4P-2. The van der Waals surface area contributed by atoms with Crippen molar-refractivity contribution in [2.24, 2.45) is 11.8 Å². The van der Waals surface area contributed by atoms with Gasteiger partial charge in [0.1, 0.15) is 0 Å². The average Bonchev–Trinajstić information content (AvgIpc) is 2.47. The minimum atomic E-state index is -4.14. The monoisotopic (exact) mass is 464 g/mol. The van der Waals surface area contributed by atoms with E-state index in [0.717, 1.165) is 51.4 Å². The zero-order valence-corrected chi connectivity index (χ0v) is 18.9. The summed E-state index contributed by atoms with van der Waals surface area (Å²) in [5, 5.41) is 0. The predicted molar refractivity (Wildman–Crippen MR) is 87.2 cm³/mol. The minimum Gasteiger partial charge on any atom is -1.00 e. The van der Waals surface area contributed by atoms with Gasteiger partial charge < -0.3 is 15.4 Å².